The van der Waals surface area contributed by atoms with Gasteiger partial charge in [-0.1, -0.05) is 30.3 Å². The third kappa shape index (κ3) is 4.58. The van der Waals surface area contributed by atoms with Gasteiger partial charge in [-0.25, -0.2) is 4.98 Å². The molecule has 0 spiro atoms. The zero-order valence-electron chi connectivity index (χ0n) is 16.3. The van der Waals surface area contributed by atoms with Crippen molar-refractivity contribution in [1.29, 1.82) is 0 Å². The number of carbonyl (C=O) groups excluding carboxylic acids is 1. The summed E-state index contributed by atoms with van der Waals surface area (Å²) >= 11 is 0. The lowest BCUT2D eigenvalue weighted by molar-refractivity contribution is -0.138. The Balaban J connectivity index is 1.28. The zero-order valence-corrected chi connectivity index (χ0v) is 16.3. The second-order valence-corrected chi connectivity index (χ2v) is 7.67. The molecule has 0 atom stereocenters. The normalized spacial score (nSPS) is 19.6. The molecule has 1 aliphatic rings. The van der Waals surface area contributed by atoms with Gasteiger partial charge in [-0.05, 0) is 49.4 Å². The molecule has 1 saturated carbocycles. The minimum absolute atomic E-state index is 0.0820. The van der Waals surface area contributed by atoms with E-state index in [1.165, 1.54) is 12.1 Å². The first-order valence-corrected chi connectivity index (χ1v) is 10.0. The number of rotatable bonds is 5. The number of benzene rings is 2. The molecular formula is C22H23F3N4O. The van der Waals surface area contributed by atoms with Crippen LogP contribution in [0.4, 0.5) is 19.1 Å². The number of amides is 1. The number of carbonyl (C=O) groups is 1. The summed E-state index contributed by atoms with van der Waals surface area (Å²) in [6, 6.07) is 13.3. The summed E-state index contributed by atoms with van der Waals surface area (Å²) in [7, 11) is 0. The number of alkyl halides is 3. The molecular weight excluding hydrogens is 393 g/mol. The van der Waals surface area contributed by atoms with Crippen LogP contribution in [0.2, 0.25) is 0 Å². The van der Waals surface area contributed by atoms with E-state index in [1.54, 1.807) is 6.07 Å². The minimum atomic E-state index is -4.43. The first-order valence-electron chi connectivity index (χ1n) is 10.0. The van der Waals surface area contributed by atoms with Gasteiger partial charge in [-0.2, -0.15) is 13.2 Å². The Hall–Kier alpha value is -3.03. The van der Waals surface area contributed by atoms with Gasteiger partial charge in [0.1, 0.15) is 0 Å². The maximum absolute atomic E-state index is 13.1. The summed E-state index contributed by atoms with van der Waals surface area (Å²) in [5.74, 6) is 0.346. The Kier molecular flexibility index (Phi) is 5.65. The van der Waals surface area contributed by atoms with E-state index in [0.29, 0.717) is 18.8 Å². The number of halogens is 3. The first-order chi connectivity index (χ1) is 14.4. The van der Waals surface area contributed by atoms with Crippen LogP contribution in [0.3, 0.4) is 0 Å². The topological polar surface area (TPSA) is 69.8 Å². The Bertz CT molecular complexity index is 989. The van der Waals surface area contributed by atoms with Crippen LogP contribution in [0.1, 0.15) is 36.8 Å². The predicted molar refractivity (Wildman–Crippen MR) is 109 cm³/mol. The number of H-pyrrole nitrogens is 1. The molecule has 8 heteroatoms. The standard InChI is InChI=1S/C22H23F3N4O/c23-22(24,25)17-6-2-1-5-15(17)13-26-20(30)14-9-11-16(12-10-14)27-21-28-18-7-3-4-8-19(18)29-21/h1-8,14,16H,9-13H2,(H,26,30)(H2,27,28,29)/t14-,16-. The van der Waals surface area contributed by atoms with Gasteiger partial charge < -0.3 is 15.6 Å². The number of hydrogen-bond acceptors (Lipinski definition) is 3. The van der Waals surface area contributed by atoms with E-state index in [9.17, 15) is 18.0 Å². The van der Waals surface area contributed by atoms with Crippen LogP contribution in [-0.4, -0.2) is 21.9 Å². The van der Waals surface area contributed by atoms with Crippen molar-refractivity contribution in [2.75, 3.05) is 5.32 Å². The van der Waals surface area contributed by atoms with Crippen molar-refractivity contribution in [3.63, 3.8) is 0 Å². The van der Waals surface area contributed by atoms with Gasteiger partial charge in [0.2, 0.25) is 11.9 Å². The molecule has 0 radical (unpaired) electrons. The maximum atomic E-state index is 13.1. The molecule has 3 aromatic rings. The van der Waals surface area contributed by atoms with Crippen molar-refractivity contribution in [3.8, 4) is 0 Å². The molecule has 1 heterocycles. The molecule has 0 saturated heterocycles. The van der Waals surface area contributed by atoms with Crippen LogP contribution in [0.15, 0.2) is 48.5 Å². The van der Waals surface area contributed by atoms with Gasteiger partial charge in [0.05, 0.1) is 16.6 Å². The van der Waals surface area contributed by atoms with Crippen molar-refractivity contribution >= 4 is 22.9 Å². The van der Waals surface area contributed by atoms with E-state index in [2.05, 4.69) is 20.6 Å². The number of nitrogens with zero attached hydrogens (tertiary/aromatic N) is 1. The smallest absolute Gasteiger partial charge is 0.353 e. The molecule has 3 N–H and O–H groups in total. The molecule has 1 aliphatic carbocycles. The first kappa shape index (κ1) is 20.3. The molecule has 5 nitrogen and oxygen atoms in total. The third-order valence-corrected chi connectivity index (χ3v) is 5.60. The van der Waals surface area contributed by atoms with Crippen LogP contribution >= 0.6 is 0 Å². The Morgan fingerprint density at radius 2 is 1.73 bits per heavy atom. The number of para-hydroxylation sites is 2. The maximum Gasteiger partial charge on any atom is 0.416 e. The minimum Gasteiger partial charge on any atom is -0.353 e. The van der Waals surface area contributed by atoms with E-state index in [1.807, 2.05) is 24.3 Å². The molecule has 1 fully saturated rings. The molecule has 158 valence electrons. The summed E-state index contributed by atoms with van der Waals surface area (Å²) in [5, 5.41) is 6.07. The fourth-order valence-electron chi connectivity index (χ4n) is 3.99. The second kappa shape index (κ2) is 8.38. The monoisotopic (exact) mass is 416 g/mol. The molecule has 1 amide bonds. The average Bonchev–Trinajstić information content (AvgIpc) is 3.14. The number of aromatic amines is 1. The predicted octanol–water partition coefficient (Wildman–Crippen LogP) is 4.87. The number of anilines is 1. The molecule has 2 aromatic carbocycles. The zero-order chi connectivity index (χ0) is 21.1. The van der Waals surface area contributed by atoms with E-state index >= 15 is 0 Å². The van der Waals surface area contributed by atoms with Crippen molar-refractivity contribution in [2.24, 2.45) is 5.92 Å². The highest BCUT2D eigenvalue weighted by Crippen LogP contribution is 2.32. The van der Waals surface area contributed by atoms with Gasteiger partial charge >= 0.3 is 6.18 Å². The molecule has 0 unspecified atom stereocenters. The number of imidazole rings is 1. The van der Waals surface area contributed by atoms with Crippen molar-refractivity contribution in [2.45, 2.75) is 44.4 Å². The van der Waals surface area contributed by atoms with E-state index < -0.39 is 11.7 Å². The van der Waals surface area contributed by atoms with Crippen LogP contribution in [-0.2, 0) is 17.5 Å². The van der Waals surface area contributed by atoms with Crippen LogP contribution < -0.4 is 10.6 Å². The highest BCUT2D eigenvalue weighted by Gasteiger charge is 2.33. The number of fused-ring (bicyclic) bond motifs is 1. The van der Waals surface area contributed by atoms with Crippen LogP contribution in [0.25, 0.3) is 11.0 Å². The third-order valence-electron chi connectivity index (χ3n) is 5.60. The summed E-state index contributed by atoms with van der Waals surface area (Å²) in [5.41, 5.74) is 1.24. The van der Waals surface area contributed by atoms with Crippen molar-refractivity contribution in [1.82, 2.24) is 15.3 Å². The number of hydrogen-bond donors (Lipinski definition) is 3. The summed E-state index contributed by atoms with van der Waals surface area (Å²) in [6.07, 6.45) is -1.46. The van der Waals surface area contributed by atoms with Gasteiger partial charge in [0.15, 0.2) is 0 Å². The lowest BCUT2D eigenvalue weighted by Crippen LogP contribution is -2.36. The van der Waals surface area contributed by atoms with Gasteiger partial charge in [0, 0.05) is 18.5 Å². The fraction of sp³-hybridized carbons (Fsp3) is 0.364. The molecule has 30 heavy (non-hydrogen) atoms. The quantitative estimate of drug-likeness (QED) is 0.556. The Morgan fingerprint density at radius 1 is 1.03 bits per heavy atom. The van der Waals surface area contributed by atoms with E-state index in [4.69, 9.17) is 0 Å². The lowest BCUT2D eigenvalue weighted by Gasteiger charge is -2.28. The summed E-state index contributed by atoms with van der Waals surface area (Å²) < 4.78 is 39.3. The van der Waals surface area contributed by atoms with Gasteiger partial charge in [0.25, 0.3) is 0 Å². The van der Waals surface area contributed by atoms with Crippen molar-refractivity contribution in [3.05, 3.63) is 59.7 Å². The van der Waals surface area contributed by atoms with Gasteiger partial charge in [-0.3, -0.25) is 4.79 Å². The number of nitrogens with one attached hydrogen (secondary N) is 3. The Labute approximate surface area is 172 Å². The number of aromatic nitrogens is 2. The van der Waals surface area contributed by atoms with Crippen LogP contribution in [0.5, 0.6) is 0 Å². The van der Waals surface area contributed by atoms with Gasteiger partial charge in [-0.15, -0.1) is 0 Å². The average molecular weight is 416 g/mol. The summed E-state index contributed by atoms with van der Waals surface area (Å²) in [4.78, 5) is 20.2. The largest absolute Gasteiger partial charge is 0.416 e. The highest BCUT2D eigenvalue weighted by molar-refractivity contribution is 5.79. The fourth-order valence-corrected chi connectivity index (χ4v) is 3.99. The van der Waals surface area contributed by atoms with Crippen molar-refractivity contribution < 1.29 is 18.0 Å². The molecule has 0 bridgehead atoms. The van der Waals surface area contributed by atoms with E-state index in [0.717, 1.165) is 29.9 Å². The Morgan fingerprint density at radius 3 is 2.47 bits per heavy atom. The van der Waals surface area contributed by atoms with Crippen LogP contribution in [0, 0.1) is 5.92 Å². The highest BCUT2D eigenvalue weighted by atomic mass is 19.4. The molecule has 4 rings (SSSR count). The SMILES string of the molecule is O=C(NCc1ccccc1C(F)(F)F)[C@H]1CC[C@H](Nc2nc3ccccc3[nH]2)CC1. The molecule has 1 aromatic heterocycles. The summed E-state index contributed by atoms with van der Waals surface area (Å²) in [6.45, 7) is -0.119. The second-order valence-electron chi connectivity index (χ2n) is 7.67. The lowest BCUT2D eigenvalue weighted by atomic mass is 9.85. The molecule has 0 aliphatic heterocycles. The van der Waals surface area contributed by atoms with E-state index in [-0.39, 0.29) is 30.0 Å².